The van der Waals surface area contributed by atoms with E-state index in [0.717, 1.165) is 0 Å². The molecule has 0 fully saturated rings. The summed E-state index contributed by atoms with van der Waals surface area (Å²) in [6.45, 7) is -0.364. The zero-order chi connectivity index (χ0) is 22.3. The van der Waals surface area contributed by atoms with Gasteiger partial charge in [-0.05, 0) is 18.2 Å². The number of carbonyl (C=O) groups excluding carboxylic acids is 1. The molecule has 0 spiro atoms. The first-order valence-corrected chi connectivity index (χ1v) is 8.89. The molecule has 0 saturated carbocycles. The van der Waals surface area contributed by atoms with Crippen LogP contribution in [0.2, 0.25) is 0 Å². The van der Waals surface area contributed by atoms with E-state index in [2.05, 4.69) is 20.4 Å². The van der Waals surface area contributed by atoms with Crippen LogP contribution in [-0.4, -0.2) is 61.4 Å². The van der Waals surface area contributed by atoms with E-state index in [1.54, 1.807) is 6.07 Å². The molecule has 4 rings (SSSR count). The SMILES string of the molecule is [B]c1ccc(NC(=O)Cn2c(=O)c3ccc(C([B])([B])[B])nc3n3nc(C#N)cc23)nc1. The fraction of sp³-hybridized carbons (Fsp3) is 0.111. The monoisotopic (exact) mass is 399 g/mol. The van der Waals surface area contributed by atoms with E-state index in [9.17, 15) is 14.9 Å². The smallest absolute Gasteiger partial charge is 0.263 e. The van der Waals surface area contributed by atoms with Crippen molar-refractivity contribution in [3.05, 3.63) is 58.3 Å². The molecule has 13 heteroatoms. The molecule has 4 heterocycles. The summed E-state index contributed by atoms with van der Waals surface area (Å²) in [6, 6.07) is 9.22. The average Bonchev–Trinajstić information content (AvgIpc) is 3.16. The minimum atomic E-state index is -1.74. The number of nitriles is 1. The highest BCUT2D eigenvalue weighted by Gasteiger charge is 2.20. The van der Waals surface area contributed by atoms with Crippen molar-refractivity contribution >= 4 is 65.3 Å². The van der Waals surface area contributed by atoms with Gasteiger partial charge in [0.25, 0.3) is 5.56 Å². The maximum Gasteiger partial charge on any atom is 0.263 e. The topological polar surface area (TPSA) is 118 Å². The predicted octanol–water partition coefficient (Wildman–Crippen LogP) is -1.64. The van der Waals surface area contributed by atoms with Crippen molar-refractivity contribution in [2.24, 2.45) is 0 Å². The van der Waals surface area contributed by atoms with Crippen molar-refractivity contribution < 1.29 is 4.79 Å². The van der Waals surface area contributed by atoms with E-state index < -0.39 is 16.6 Å². The summed E-state index contributed by atoms with van der Waals surface area (Å²) in [7, 11) is 22.7. The molecule has 0 bridgehead atoms. The zero-order valence-corrected chi connectivity index (χ0v) is 16.0. The van der Waals surface area contributed by atoms with Crippen LogP contribution in [0.25, 0.3) is 16.7 Å². The number of rotatable bonds is 4. The molecule has 1 amide bonds. The number of hydrogen-bond acceptors (Lipinski definition) is 6. The van der Waals surface area contributed by atoms with Gasteiger partial charge in [0.2, 0.25) is 5.91 Å². The lowest BCUT2D eigenvalue weighted by Gasteiger charge is -2.19. The summed E-state index contributed by atoms with van der Waals surface area (Å²) in [6.07, 6.45) is 1.39. The third kappa shape index (κ3) is 3.84. The maximum absolute atomic E-state index is 13.1. The molecule has 4 aromatic heterocycles. The van der Waals surface area contributed by atoms with Gasteiger partial charge in [-0.25, -0.2) is 9.97 Å². The number of anilines is 1. The molecule has 0 aliphatic rings. The second kappa shape index (κ2) is 7.47. The van der Waals surface area contributed by atoms with E-state index >= 15 is 0 Å². The molecule has 0 aliphatic carbocycles. The average molecular weight is 399 g/mol. The molecule has 0 saturated heterocycles. The van der Waals surface area contributed by atoms with Crippen molar-refractivity contribution in [3.63, 3.8) is 0 Å². The van der Waals surface area contributed by atoms with Gasteiger partial charge in [-0.3, -0.25) is 14.2 Å². The van der Waals surface area contributed by atoms with Crippen molar-refractivity contribution in [2.75, 3.05) is 5.32 Å². The van der Waals surface area contributed by atoms with Crippen LogP contribution in [-0.2, 0) is 16.5 Å². The highest BCUT2D eigenvalue weighted by Crippen LogP contribution is 2.17. The Hall–Kier alpha value is -3.80. The van der Waals surface area contributed by atoms with Gasteiger partial charge in [0.05, 0.1) is 28.9 Å². The van der Waals surface area contributed by atoms with Crippen molar-refractivity contribution in [3.8, 4) is 6.07 Å². The van der Waals surface area contributed by atoms with Gasteiger partial charge in [-0.1, -0.05) is 16.6 Å². The molecule has 140 valence electrons. The molecule has 0 unspecified atom stereocenters. The van der Waals surface area contributed by atoms with Crippen LogP contribution in [0.1, 0.15) is 11.4 Å². The first-order chi connectivity index (χ1) is 14.7. The third-order valence-electron chi connectivity index (χ3n) is 4.43. The molecule has 9 nitrogen and oxygen atoms in total. The summed E-state index contributed by atoms with van der Waals surface area (Å²) in [5.41, 5.74) is 0.324. The minimum Gasteiger partial charge on any atom is -0.309 e. The van der Waals surface area contributed by atoms with Gasteiger partial charge in [0, 0.05) is 18.0 Å². The van der Waals surface area contributed by atoms with Crippen LogP contribution in [0.15, 0.2) is 41.3 Å². The molecule has 0 aromatic carbocycles. The fourth-order valence-electron chi connectivity index (χ4n) is 3.00. The van der Waals surface area contributed by atoms with Crippen molar-refractivity contribution in [1.29, 1.82) is 5.26 Å². The van der Waals surface area contributed by atoms with Crippen LogP contribution in [0.3, 0.4) is 0 Å². The van der Waals surface area contributed by atoms with E-state index in [1.165, 1.54) is 39.5 Å². The van der Waals surface area contributed by atoms with Crippen molar-refractivity contribution in [1.82, 2.24) is 24.1 Å². The second-order valence-corrected chi connectivity index (χ2v) is 6.83. The Morgan fingerprint density at radius 3 is 2.65 bits per heavy atom. The standard InChI is InChI=1S/C18H9B4N7O2/c19-9-1-4-13(24-7-9)26-14(30)8-28-15-5-10(6-23)27-29(15)16-11(17(28)31)2-3-12(25-16)18(20,21)22/h1-5,7H,8H2,(H,24,26,30). The summed E-state index contributed by atoms with van der Waals surface area (Å²) in [5.74, 6) is -0.249. The first kappa shape index (κ1) is 20.5. The van der Waals surface area contributed by atoms with Crippen LogP contribution < -0.4 is 16.3 Å². The summed E-state index contributed by atoms with van der Waals surface area (Å²) >= 11 is 0. The molecule has 0 atom stereocenters. The van der Waals surface area contributed by atoms with Gasteiger partial charge >= 0.3 is 0 Å². The summed E-state index contributed by atoms with van der Waals surface area (Å²) in [5, 5.41) is 14.4. The lowest BCUT2D eigenvalue weighted by Crippen LogP contribution is -2.31. The molecule has 31 heavy (non-hydrogen) atoms. The van der Waals surface area contributed by atoms with Gasteiger partial charge in [-0.15, -0.1) is 0 Å². The van der Waals surface area contributed by atoms with E-state index in [-0.39, 0.29) is 40.4 Å². The highest BCUT2D eigenvalue weighted by atomic mass is 16.2. The van der Waals surface area contributed by atoms with Gasteiger partial charge < -0.3 is 5.32 Å². The Morgan fingerprint density at radius 1 is 1.23 bits per heavy atom. The van der Waals surface area contributed by atoms with Gasteiger partial charge in [-0.2, -0.15) is 14.9 Å². The first-order valence-electron chi connectivity index (χ1n) is 8.89. The van der Waals surface area contributed by atoms with Gasteiger partial charge in [0.15, 0.2) is 11.3 Å². The van der Waals surface area contributed by atoms with Crippen LogP contribution in [0, 0.1) is 11.3 Å². The van der Waals surface area contributed by atoms with Gasteiger partial charge in [0.1, 0.15) is 31.9 Å². The highest BCUT2D eigenvalue weighted by molar-refractivity contribution is 6.58. The molecule has 4 aromatic rings. The minimum absolute atomic E-state index is 0.0213. The Kier molecular flexibility index (Phi) is 4.93. The van der Waals surface area contributed by atoms with Crippen molar-refractivity contribution in [2.45, 2.75) is 11.7 Å². The third-order valence-corrected chi connectivity index (χ3v) is 4.43. The number of carbonyl (C=O) groups is 1. The van der Waals surface area contributed by atoms with E-state index in [4.69, 9.17) is 31.4 Å². The van der Waals surface area contributed by atoms with Crippen LogP contribution in [0.5, 0.6) is 0 Å². The number of nitrogens with one attached hydrogen (secondary N) is 1. The molecule has 8 radical (unpaired) electrons. The molecular formula is C18H9B4N7O2. The fourth-order valence-corrected chi connectivity index (χ4v) is 3.00. The lowest BCUT2D eigenvalue weighted by atomic mass is 9.41. The number of amides is 1. The predicted molar refractivity (Wildman–Crippen MR) is 117 cm³/mol. The summed E-state index contributed by atoms with van der Waals surface area (Å²) < 4.78 is 2.43. The van der Waals surface area contributed by atoms with Crippen LogP contribution in [0.4, 0.5) is 5.82 Å². The molecule has 0 aliphatic heterocycles. The van der Waals surface area contributed by atoms with Crippen LogP contribution >= 0.6 is 0 Å². The number of aromatic nitrogens is 5. The number of fused-ring (bicyclic) bond motifs is 3. The largest absolute Gasteiger partial charge is 0.309 e. The molecular weight excluding hydrogens is 389 g/mol. The lowest BCUT2D eigenvalue weighted by molar-refractivity contribution is -0.116. The zero-order valence-electron chi connectivity index (χ0n) is 16.0. The van der Waals surface area contributed by atoms with E-state index in [0.29, 0.717) is 5.46 Å². The Labute approximate surface area is 181 Å². The Morgan fingerprint density at radius 2 is 2.00 bits per heavy atom. The number of nitrogens with zero attached hydrogens (tertiary/aromatic N) is 6. The quantitative estimate of drug-likeness (QED) is 0.412. The van der Waals surface area contributed by atoms with E-state index in [1.807, 2.05) is 6.07 Å². The molecule has 1 N–H and O–H groups in total. The maximum atomic E-state index is 13.1. The Bertz CT molecular complexity index is 1430. The number of pyridine rings is 2. The second-order valence-electron chi connectivity index (χ2n) is 6.83. The Balaban J connectivity index is 1.84. The normalized spacial score (nSPS) is 11.5. The number of hydrogen-bond donors (Lipinski definition) is 1. The summed E-state index contributed by atoms with van der Waals surface area (Å²) in [4.78, 5) is 33.9.